The van der Waals surface area contributed by atoms with Crippen molar-refractivity contribution < 1.29 is 4.79 Å². The molecular formula is C27H29Cl2N3O. The molecule has 0 heterocycles. The summed E-state index contributed by atoms with van der Waals surface area (Å²) in [5.41, 5.74) is 7.88. The largest absolute Gasteiger partial charge is 0.369 e. The van der Waals surface area contributed by atoms with Gasteiger partial charge in [-0.05, 0) is 47.7 Å². The maximum absolute atomic E-state index is 13.1. The molecule has 0 aliphatic rings. The number of benzene rings is 3. The van der Waals surface area contributed by atoms with E-state index < -0.39 is 0 Å². The van der Waals surface area contributed by atoms with Crippen LogP contribution in [0.2, 0.25) is 0 Å². The van der Waals surface area contributed by atoms with Crippen LogP contribution in [-0.4, -0.2) is 37.0 Å². The number of alkyl halides is 2. The molecule has 0 saturated heterocycles. The lowest BCUT2D eigenvalue weighted by Gasteiger charge is -2.23. The minimum absolute atomic E-state index is 0.133. The highest BCUT2D eigenvalue weighted by Crippen LogP contribution is 2.22. The number of amides is 1. The van der Waals surface area contributed by atoms with E-state index in [1.807, 2.05) is 79.7 Å². The molecule has 0 fully saturated rings. The number of hydrazone groups is 1. The molecule has 1 atom stereocenters. The summed E-state index contributed by atoms with van der Waals surface area (Å²) in [6, 6.07) is 25.9. The molecule has 3 rings (SSSR count). The fourth-order valence-electron chi connectivity index (χ4n) is 3.72. The Morgan fingerprint density at radius 1 is 0.970 bits per heavy atom. The first-order valence-corrected chi connectivity index (χ1v) is 12.1. The predicted octanol–water partition coefficient (Wildman–Crippen LogP) is 5.76. The Morgan fingerprint density at radius 3 is 2.21 bits per heavy atom. The number of nitrogens with zero attached hydrogens (tertiary/aromatic N) is 2. The quantitative estimate of drug-likeness (QED) is 0.215. The summed E-state index contributed by atoms with van der Waals surface area (Å²) in [6.45, 7) is 3.49. The van der Waals surface area contributed by atoms with Gasteiger partial charge in [-0.3, -0.25) is 4.79 Å². The minimum Gasteiger partial charge on any atom is -0.369 e. The van der Waals surface area contributed by atoms with Gasteiger partial charge in [0.15, 0.2) is 0 Å². The minimum atomic E-state index is -0.325. The van der Waals surface area contributed by atoms with E-state index in [0.29, 0.717) is 18.2 Å². The Morgan fingerprint density at radius 2 is 1.61 bits per heavy atom. The number of aryl methyl sites for hydroxylation is 1. The molecule has 3 aromatic carbocycles. The third kappa shape index (κ3) is 7.34. The highest BCUT2D eigenvalue weighted by Gasteiger charge is 2.20. The zero-order chi connectivity index (χ0) is 23.5. The SMILES string of the molecule is Cc1cc(N(CCCl)CCCl)ccc1/C=N/NC(=O)[C@H](Cc1ccccc1)c1ccccc1. The van der Waals surface area contributed by atoms with Crippen molar-refractivity contribution in [1.82, 2.24) is 5.43 Å². The number of halogens is 2. The van der Waals surface area contributed by atoms with E-state index in [0.717, 1.165) is 41.0 Å². The first kappa shape index (κ1) is 24.8. The molecule has 3 aromatic rings. The molecule has 33 heavy (non-hydrogen) atoms. The molecule has 4 nitrogen and oxygen atoms in total. The summed E-state index contributed by atoms with van der Waals surface area (Å²) in [5, 5.41) is 4.26. The molecule has 0 aromatic heterocycles. The summed E-state index contributed by atoms with van der Waals surface area (Å²) in [4.78, 5) is 15.2. The Bertz CT molecular complexity index is 1040. The van der Waals surface area contributed by atoms with E-state index in [4.69, 9.17) is 23.2 Å². The Kier molecular flexibility index (Phi) is 9.79. The maximum atomic E-state index is 13.1. The van der Waals surface area contributed by atoms with Crippen molar-refractivity contribution >= 4 is 41.0 Å². The Hall–Kier alpha value is -2.82. The predicted molar refractivity (Wildman–Crippen MR) is 140 cm³/mol. The first-order valence-electron chi connectivity index (χ1n) is 11.0. The van der Waals surface area contributed by atoms with Crippen LogP contribution in [0.1, 0.15) is 28.2 Å². The third-order valence-corrected chi connectivity index (χ3v) is 5.84. The number of carbonyl (C=O) groups is 1. The molecule has 0 saturated carbocycles. The van der Waals surface area contributed by atoms with E-state index in [-0.39, 0.29) is 11.8 Å². The second-order valence-corrected chi connectivity index (χ2v) is 8.55. The van der Waals surface area contributed by atoms with Crippen LogP contribution in [0.15, 0.2) is 84.0 Å². The van der Waals surface area contributed by atoms with Crippen molar-refractivity contribution in [2.45, 2.75) is 19.3 Å². The van der Waals surface area contributed by atoms with Crippen molar-refractivity contribution in [2.75, 3.05) is 29.7 Å². The van der Waals surface area contributed by atoms with Gasteiger partial charge in [0, 0.05) is 30.5 Å². The van der Waals surface area contributed by atoms with E-state index in [1.165, 1.54) is 0 Å². The summed E-state index contributed by atoms with van der Waals surface area (Å²) in [6.07, 6.45) is 2.30. The Labute approximate surface area is 206 Å². The lowest BCUT2D eigenvalue weighted by atomic mass is 9.91. The van der Waals surface area contributed by atoms with Gasteiger partial charge in [-0.25, -0.2) is 5.43 Å². The number of carbonyl (C=O) groups excluding carboxylic acids is 1. The molecule has 1 N–H and O–H groups in total. The van der Waals surface area contributed by atoms with Crippen LogP contribution in [0.25, 0.3) is 0 Å². The Balaban J connectivity index is 1.71. The van der Waals surface area contributed by atoms with Crippen molar-refractivity contribution in [2.24, 2.45) is 5.10 Å². The molecular weight excluding hydrogens is 453 g/mol. The van der Waals surface area contributed by atoms with Crippen LogP contribution in [0.4, 0.5) is 5.69 Å². The molecule has 0 unspecified atom stereocenters. The van der Waals surface area contributed by atoms with Gasteiger partial charge in [-0.15, -0.1) is 23.2 Å². The molecule has 0 spiro atoms. The molecule has 0 aliphatic heterocycles. The normalized spacial score (nSPS) is 12.0. The zero-order valence-electron chi connectivity index (χ0n) is 18.8. The highest BCUT2D eigenvalue weighted by molar-refractivity contribution is 6.18. The molecule has 0 bridgehead atoms. The lowest BCUT2D eigenvalue weighted by molar-refractivity contribution is -0.122. The zero-order valence-corrected chi connectivity index (χ0v) is 20.3. The van der Waals surface area contributed by atoms with Crippen LogP contribution in [0, 0.1) is 6.92 Å². The van der Waals surface area contributed by atoms with Crippen LogP contribution in [0.3, 0.4) is 0 Å². The molecule has 6 heteroatoms. The van der Waals surface area contributed by atoms with Gasteiger partial charge in [-0.2, -0.15) is 5.10 Å². The highest BCUT2D eigenvalue weighted by atomic mass is 35.5. The van der Waals surface area contributed by atoms with Crippen LogP contribution in [-0.2, 0) is 11.2 Å². The van der Waals surface area contributed by atoms with Crippen molar-refractivity contribution in [3.05, 3.63) is 101 Å². The monoisotopic (exact) mass is 481 g/mol. The summed E-state index contributed by atoms with van der Waals surface area (Å²) < 4.78 is 0. The van der Waals surface area contributed by atoms with Gasteiger partial charge in [0.1, 0.15) is 0 Å². The number of anilines is 1. The third-order valence-electron chi connectivity index (χ3n) is 5.51. The fraction of sp³-hybridized carbons (Fsp3) is 0.259. The number of nitrogens with one attached hydrogen (secondary N) is 1. The van der Waals surface area contributed by atoms with Crippen molar-refractivity contribution in [3.8, 4) is 0 Å². The van der Waals surface area contributed by atoms with Gasteiger partial charge in [0.25, 0.3) is 0 Å². The first-order chi connectivity index (χ1) is 16.1. The molecule has 172 valence electrons. The lowest BCUT2D eigenvalue weighted by Crippen LogP contribution is -2.27. The summed E-state index contributed by atoms with van der Waals surface area (Å²) in [7, 11) is 0. The topological polar surface area (TPSA) is 44.7 Å². The van der Waals surface area contributed by atoms with Gasteiger partial charge in [0.05, 0.1) is 12.1 Å². The van der Waals surface area contributed by atoms with Gasteiger partial charge >= 0.3 is 0 Å². The average molecular weight is 482 g/mol. The standard InChI is InChI=1S/C27H29Cl2N3O/c1-21-18-25(32(16-14-28)17-15-29)13-12-24(21)20-30-31-27(33)26(23-10-6-3-7-11-23)19-22-8-4-2-5-9-22/h2-13,18,20,26H,14-17,19H2,1H3,(H,31,33)/b30-20+/t26-/m1/s1. The van der Waals surface area contributed by atoms with E-state index in [9.17, 15) is 4.79 Å². The van der Waals surface area contributed by atoms with Gasteiger partial charge in [-0.1, -0.05) is 66.7 Å². The van der Waals surface area contributed by atoms with E-state index in [1.54, 1.807) is 6.21 Å². The smallest absolute Gasteiger partial charge is 0.247 e. The second kappa shape index (κ2) is 13.0. The summed E-state index contributed by atoms with van der Waals surface area (Å²) in [5.74, 6) is 0.618. The second-order valence-electron chi connectivity index (χ2n) is 7.79. The van der Waals surface area contributed by atoms with Crippen LogP contribution < -0.4 is 10.3 Å². The van der Waals surface area contributed by atoms with Gasteiger partial charge in [0.2, 0.25) is 5.91 Å². The van der Waals surface area contributed by atoms with E-state index in [2.05, 4.69) is 21.5 Å². The number of hydrogen-bond donors (Lipinski definition) is 1. The van der Waals surface area contributed by atoms with Crippen LogP contribution >= 0.6 is 23.2 Å². The van der Waals surface area contributed by atoms with Crippen LogP contribution in [0.5, 0.6) is 0 Å². The molecule has 0 aliphatic carbocycles. The number of rotatable bonds is 11. The fourth-order valence-corrected chi connectivity index (χ4v) is 4.12. The maximum Gasteiger partial charge on any atom is 0.247 e. The average Bonchev–Trinajstić information content (AvgIpc) is 2.84. The van der Waals surface area contributed by atoms with Crippen molar-refractivity contribution in [1.29, 1.82) is 0 Å². The van der Waals surface area contributed by atoms with E-state index >= 15 is 0 Å². The van der Waals surface area contributed by atoms with Crippen molar-refractivity contribution in [3.63, 3.8) is 0 Å². The molecule has 1 amide bonds. The number of hydrogen-bond acceptors (Lipinski definition) is 3. The summed E-state index contributed by atoms with van der Waals surface area (Å²) >= 11 is 11.9. The van der Waals surface area contributed by atoms with Gasteiger partial charge < -0.3 is 4.90 Å². The molecule has 0 radical (unpaired) electrons.